The van der Waals surface area contributed by atoms with Crippen LogP contribution in [-0.2, 0) is 13.0 Å². The maximum atomic E-state index is 12.7. The van der Waals surface area contributed by atoms with Crippen LogP contribution in [0.1, 0.15) is 50.6 Å². The highest BCUT2D eigenvalue weighted by Crippen LogP contribution is 2.39. The Morgan fingerprint density at radius 1 is 1.26 bits per heavy atom. The van der Waals surface area contributed by atoms with Crippen LogP contribution >= 0.6 is 22.7 Å². The normalized spacial score (nSPS) is 23.2. The lowest BCUT2D eigenvalue weighted by Crippen LogP contribution is -3.14. The molecule has 1 amide bonds. The Kier molecular flexibility index (Phi) is 3.70. The van der Waals surface area contributed by atoms with Crippen LogP contribution in [0.15, 0.2) is 12.1 Å². The van der Waals surface area contributed by atoms with Crippen molar-refractivity contribution in [3.63, 3.8) is 0 Å². The number of hydrogen-bond acceptors (Lipinski definition) is 4. The van der Waals surface area contributed by atoms with Crippen LogP contribution in [0.25, 0.3) is 0 Å². The van der Waals surface area contributed by atoms with Crippen molar-refractivity contribution < 1.29 is 9.69 Å². The van der Waals surface area contributed by atoms with E-state index < -0.39 is 0 Å². The summed E-state index contributed by atoms with van der Waals surface area (Å²) in [4.78, 5) is 18.1. The van der Waals surface area contributed by atoms with Crippen molar-refractivity contribution in [1.29, 1.82) is 0 Å². The summed E-state index contributed by atoms with van der Waals surface area (Å²) in [5, 5.41) is 7.73. The van der Waals surface area contributed by atoms with Gasteiger partial charge in [-0.3, -0.25) is 4.79 Å². The second kappa shape index (κ2) is 5.61. The summed E-state index contributed by atoms with van der Waals surface area (Å²) in [6, 6.07) is 4.83. The highest BCUT2D eigenvalue weighted by atomic mass is 32.1. The van der Waals surface area contributed by atoms with E-state index in [4.69, 9.17) is 0 Å². The third kappa shape index (κ3) is 2.58. The molecule has 2 aliphatic heterocycles. The zero-order valence-corrected chi connectivity index (χ0v) is 15.3. The van der Waals surface area contributed by atoms with Crippen molar-refractivity contribution >= 4 is 33.6 Å². The van der Waals surface area contributed by atoms with E-state index in [9.17, 15) is 4.79 Å². The molecule has 2 atom stereocenters. The first-order valence-electron chi connectivity index (χ1n) is 8.15. The van der Waals surface area contributed by atoms with Gasteiger partial charge in [-0.2, -0.15) is 0 Å². The number of fused-ring (bicyclic) bond motifs is 3. The minimum Gasteiger partial charge on any atom is -0.352 e. The number of aryl methyl sites for hydroxylation is 1. The quantitative estimate of drug-likeness (QED) is 0.780. The molecule has 0 fully saturated rings. The highest BCUT2D eigenvalue weighted by Gasteiger charge is 2.35. The average Bonchev–Trinajstić information content (AvgIpc) is 3.09. The molecular formula is C17H22N3OS2+. The van der Waals surface area contributed by atoms with Crippen molar-refractivity contribution in [3.8, 4) is 0 Å². The van der Waals surface area contributed by atoms with Gasteiger partial charge in [0.2, 0.25) is 0 Å². The fraction of sp³-hybridized carbons (Fsp3) is 0.471. The summed E-state index contributed by atoms with van der Waals surface area (Å²) < 4.78 is 0. The van der Waals surface area contributed by atoms with Gasteiger partial charge in [0.1, 0.15) is 17.7 Å². The molecule has 0 bridgehead atoms. The molecule has 2 aromatic heterocycles. The summed E-state index contributed by atoms with van der Waals surface area (Å²) in [6.07, 6.45) is 0.911. The number of rotatable bonds is 2. The minimum atomic E-state index is -0.0950. The lowest BCUT2D eigenvalue weighted by Gasteiger charge is -2.28. The Hall–Kier alpha value is -1.37. The third-order valence-corrected chi connectivity index (χ3v) is 7.04. The molecule has 0 saturated carbocycles. The topological polar surface area (TPSA) is 45.6 Å². The van der Waals surface area contributed by atoms with Gasteiger partial charge in [-0.15, -0.1) is 22.7 Å². The number of anilines is 1. The van der Waals surface area contributed by atoms with Crippen LogP contribution in [0.3, 0.4) is 0 Å². The molecule has 0 aliphatic carbocycles. The van der Waals surface area contributed by atoms with Crippen molar-refractivity contribution in [1.82, 2.24) is 5.32 Å². The van der Waals surface area contributed by atoms with Gasteiger partial charge in [-0.25, -0.2) is 0 Å². The number of carbonyl (C=O) groups excluding carboxylic acids is 1. The lowest BCUT2D eigenvalue weighted by molar-refractivity contribution is -0.936. The van der Waals surface area contributed by atoms with Gasteiger partial charge in [-0.05, 0) is 38.5 Å². The van der Waals surface area contributed by atoms with Gasteiger partial charge >= 0.3 is 0 Å². The number of amides is 1. The van der Waals surface area contributed by atoms with Gasteiger partial charge in [0.05, 0.1) is 23.0 Å². The molecule has 23 heavy (non-hydrogen) atoms. The first kappa shape index (κ1) is 15.2. The van der Waals surface area contributed by atoms with E-state index in [1.54, 1.807) is 27.6 Å². The van der Waals surface area contributed by atoms with Crippen molar-refractivity contribution in [2.75, 3.05) is 11.9 Å². The number of nitrogens with one attached hydrogen (secondary N) is 3. The second-order valence-corrected chi connectivity index (χ2v) is 9.12. The Balaban J connectivity index is 1.66. The highest BCUT2D eigenvalue weighted by molar-refractivity contribution is 7.16. The molecule has 0 radical (unpaired) electrons. The van der Waals surface area contributed by atoms with Gasteiger partial charge in [0.25, 0.3) is 5.91 Å². The second-order valence-electron chi connectivity index (χ2n) is 6.70. The zero-order valence-electron chi connectivity index (χ0n) is 13.7. The molecule has 4 rings (SSSR count). The predicted molar refractivity (Wildman–Crippen MR) is 95.6 cm³/mol. The van der Waals surface area contributed by atoms with Crippen LogP contribution in [-0.4, -0.2) is 18.5 Å². The van der Waals surface area contributed by atoms with Crippen LogP contribution in [0.5, 0.6) is 0 Å². The van der Waals surface area contributed by atoms with Crippen LogP contribution in [0.2, 0.25) is 0 Å². The largest absolute Gasteiger partial charge is 0.352 e. The van der Waals surface area contributed by atoms with E-state index >= 15 is 0 Å². The SMILES string of the molecule is Cc1ccc([C@@H]2NC(=O)c3c(sc4c3CC[NH+](C(C)C)C4)N2)s1. The lowest BCUT2D eigenvalue weighted by atomic mass is 10.0. The first-order chi connectivity index (χ1) is 11.0. The van der Waals surface area contributed by atoms with Crippen molar-refractivity contribution in [2.45, 2.75) is 45.9 Å². The molecule has 0 spiro atoms. The Morgan fingerprint density at radius 3 is 2.78 bits per heavy atom. The molecule has 4 heterocycles. The molecule has 1 unspecified atom stereocenters. The van der Waals surface area contributed by atoms with Gasteiger partial charge in [0.15, 0.2) is 0 Å². The number of quaternary nitrogens is 1. The predicted octanol–water partition coefficient (Wildman–Crippen LogP) is 2.32. The van der Waals surface area contributed by atoms with Crippen molar-refractivity contribution in [3.05, 3.63) is 37.9 Å². The molecule has 2 aliphatic rings. The molecular weight excluding hydrogens is 326 g/mol. The van der Waals surface area contributed by atoms with E-state index in [1.807, 2.05) is 0 Å². The fourth-order valence-corrected chi connectivity index (χ4v) is 5.66. The molecule has 2 aromatic rings. The zero-order chi connectivity index (χ0) is 16.1. The van der Waals surface area contributed by atoms with Gasteiger partial charge in [0, 0.05) is 16.2 Å². The first-order valence-corrected chi connectivity index (χ1v) is 9.79. The van der Waals surface area contributed by atoms with Crippen LogP contribution < -0.4 is 15.5 Å². The van der Waals surface area contributed by atoms with E-state index in [2.05, 4.69) is 43.5 Å². The van der Waals surface area contributed by atoms with Crippen LogP contribution in [0.4, 0.5) is 5.00 Å². The monoisotopic (exact) mass is 348 g/mol. The van der Waals surface area contributed by atoms with E-state index in [0.717, 1.165) is 30.1 Å². The minimum absolute atomic E-state index is 0.0836. The number of thiophene rings is 2. The molecule has 122 valence electrons. The maximum Gasteiger partial charge on any atom is 0.256 e. The molecule has 3 N–H and O–H groups in total. The Labute approximate surface area is 144 Å². The third-order valence-electron chi connectivity index (χ3n) is 4.81. The summed E-state index contributed by atoms with van der Waals surface area (Å²) >= 11 is 3.51. The van der Waals surface area contributed by atoms with Crippen molar-refractivity contribution in [2.24, 2.45) is 0 Å². The molecule has 4 nitrogen and oxygen atoms in total. The number of carbonyl (C=O) groups is 1. The molecule has 0 saturated heterocycles. The summed E-state index contributed by atoms with van der Waals surface area (Å²) in [5.74, 6) is 0.0836. The number of hydrogen-bond donors (Lipinski definition) is 3. The smallest absolute Gasteiger partial charge is 0.256 e. The maximum absolute atomic E-state index is 12.7. The van der Waals surface area contributed by atoms with E-state index in [1.165, 1.54) is 20.2 Å². The molecule has 0 aromatic carbocycles. The summed E-state index contributed by atoms with van der Waals surface area (Å²) in [5.41, 5.74) is 2.18. The Bertz CT molecular complexity index is 762. The molecule has 6 heteroatoms. The fourth-order valence-electron chi connectivity index (χ4n) is 3.46. The average molecular weight is 349 g/mol. The summed E-state index contributed by atoms with van der Waals surface area (Å²) in [6.45, 7) is 8.80. The van der Waals surface area contributed by atoms with E-state index in [0.29, 0.717) is 6.04 Å². The van der Waals surface area contributed by atoms with Gasteiger partial charge < -0.3 is 15.5 Å². The van der Waals surface area contributed by atoms with Gasteiger partial charge in [-0.1, -0.05) is 0 Å². The standard InChI is InChI=1S/C17H21N3OS2/c1-9(2)20-7-6-11-13(8-20)23-17-14(11)16(21)18-15(19-17)12-5-4-10(3)22-12/h4-5,9,15,19H,6-8H2,1-3H3,(H,18,21)/p+1/t15-/m1/s1. The van der Waals surface area contributed by atoms with E-state index in [-0.39, 0.29) is 12.1 Å². The summed E-state index contributed by atoms with van der Waals surface area (Å²) in [7, 11) is 0. The van der Waals surface area contributed by atoms with Crippen LogP contribution in [0, 0.1) is 6.92 Å². The Morgan fingerprint density at radius 2 is 2.09 bits per heavy atom.